The van der Waals surface area contributed by atoms with Gasteiger partial charge in [-0.1, -0.05) is 0 Å². The fourth-order valence-electron chi connectivity index (χ4n) is 3.52. The molecule has 2 heterocycles. The Bertz CT molecular complexity index is 382. The number of aliphatic hydroxyl groups is 1. The highest BCUT2D eigenvalue weighted by Crippen LogP contribution is 2.38. The van der Waals surface area contributed by atoms with E-state index in [-0.39, 0.29) is 19.3 Å². The third-order valence-electron chi connectivity index (χ3n) is 4.50. The second-order valence-electron chi connectivity index (χ2n) is 5.83. The maximum Gasteiger partial charge on any atom is 0.323 e. The highest BCUT2D eigenvalue weighted by molar-refractivity contribution is 5.96. The normalized spacial score (nSPS) is 29.2. The van der Waals surface area contributed by atoms with E-state index in [2.05, 4.69) is 4.90 Å². The van der Waals surface area contributed by atoms with Crippen LogP contribution < -0.4 is 0 Å². The Morgan fingerprint density at radius 3 is 2.43 bits per heavy atom. The molecule has 2 rings (SSSR count). The smallest absolute Gasteiger partial charge is 0.323 e. The lowest BCUT2D eigenvalue weighted by molar-refractivity contribution is -0.179. The Labute approximate surface area is 125 Å². The molecule has 1 N–H and O–H groups in total. The molecule has 2 unspecified atom stereocenters. The molecule has 6 heteroatoms. The molecule has 2 saturated heterocycles. The number of esters is 2. The lowest BCUT2D eigenvalue weighted by Crippen LogP contribution is -2.56. The van der Waals surface area contributed by atoms with Crippen LogP contribution in [0.25, 0.3) is 0 Å². The van der Waals surface area contributed by atoms with Crippen LogP contribution in [0.1, 0.15) is 39.5 Å². The molecule has 120 valence electrons. The SMILES string of the molecule is CCOC(=O)C(C(=O)OCC)C1(O)CCN2CCCC2C1. The van der Waals surface area contributed by atoms with Gasteiger partial charge in [-0.2, -0.15) is 0 Å². The van der Waals surface area contributed by atoms with Gasteiger partial charge in [-0.15, -0.1) is 0 Å². The largest absolute Gasteiger partial charge is 0.465 e. The summed E-state index contributed by atoms with van der Waals surface area (Å²) in [5, 5.41) is 10.9. The van der Waals surface area contributed by atoms with E-state index in [1.54, 1.807) is 13.8 Å². The molecular formula is C15H25NO5. The van der Waals surface area contributed by atoms with Crippen molar-refractivity contribution in [1.29, 1.82) is 0 Å². The molecule has 0 saturated carbocycles. The van der Waals surface area contributed by atoms with Crippen LogP contribution in [0.3, 0.4) is 0 Å². The first-order chi connectivity index (χ1) is 10.0. The van der Waals surface area contributed by atoms with Gasteiger partial charge >= 0.3 is 11.9 Å². The van der Waals surface area contributed by atoms with Crippen molar-refractivity contribution in [3.05, 3.63) is 0 Å². The van der Waals surface area contributed by atoms with E-state index in [1.807, 2.05) is 0 Å². The third kappa shape index (κ3) is 3.37. The van der Waals surface area contributed by atoms with Crippen LogP contribution in [0.15, 0.2) is 0 Å². The summed E-state index contributed by atoms with van der Waals surface area (Å²) in [6.07, 6.45) is 2.92. The van der Waals surface area contributed by atoms with Crippen LogP contribution in [0.5, 0.6) is 0 Å². The number of fused-ring (bicyclic) bond motifs is 1. The number of hydrogen-bond acceptors (Lipinski definition) is 6. The number of carbonyl (C=O) groups is 2. The molecule has 0 spiro atoms. The van der Waals surface area contributed by atoms with E-state index in [4.69, 9.17) is 9.47 Å². The predicted molar refractivity (Wildman–Crippen MR) is 75.5 cm³/mol. The van der Waals surface area contributed by atoms with Gasteiger partial charge in [0.15, 0.2) is 5.92 Å². The predicted octanol–water partition coefficient (Wildman–Crippen LogP) is 0.718. The van der Waals surface area contributed by atoms with Crippen LogP contribution >= 0.6 is 0 Å². The Morgan fingerprint density at radius 2 is 1.86 bits per heavy atom. The van der Waals surface area contributed by atoms with Crippen molar-refractivity contribution in [3.63, 3.8) is 0 Å². The quantitative estimate of drug-likeness (QED) is 0.595. The Kier molecular flexibility index (Phi) is 5.22. The van der Waals surface area contributed by atoms with Gasteiger partial charge in [-0.25, -0.2) is 0 Å². The summed E-state index contributed by atoms with van der Waals surface area (Å²) < 4.78 is 9.98. The molecule has 0 bridgehead atoms. The van der Waals surface area contributed by atoms with E-state index in [1.165, 1.54) is 0 Å². The standard InChI is InChI=1S/C15H25NO5/c1-3-20-13(17)12(14(18)21-4-2)15(19)7-9-16-8-5-6-11(16)10-15/h11-12,19H,3-10H2,1-2H3. The molecule has 21 heavy (non-hydrogen) atoms. The van der Waals surface area contributed by atoms with Crippen molar-refractivity contribution in [1.82, 2.24) is 4.90 Å². The van der Waals surface area contributed by atoms with Crippen molar-refractivity contribution in [3.8, 4) is 0 Å². The number of ether oxygens (including phenoxy) is 2. The Hall–Kier alpha value is -1.14. The Morgan fingerprint density at radius 1 is 1.24 bits per heavy atom. The minimum atomic E-state index is -1.36. The zero-order valence-corrected chi connectivity index (χ0v) is 12.8. The summed E-state index contributed by atoms with van der Waals surface area (Å²) in [5.41, 5.74) is -1.36. The van der Waals surface area contributed by atoms with Crippen LogP contribution in [0.2, 0.25) is 0 Å². The monoisotopic (exact) mass is 299 g/mol. The first-order valence-electron chi connectivity index (χ1n) is 7.81. The molecule has 2 atom stereocenters. The van der Waals surface area contributed by atoms with Gasteiger partial charge in [0.25, 0.3) is 0 Å². The summed E-state index contributed by atoms with van der Waals surface area (Å²) in [7, 11) is 0. The highest BCUT2D eigenvalue weighted by Gasteiger charge is 2.52. The van der Waals surface area contributed by atoms with Crippen molar-refractivity contribution in [2.75, 3.05) is 26.3 Å². The minimum Gasteiger partial charge on any atom is -0.465 e. The summed E-state index contributed by atoms with van der Waals surface area (Å²) in [5.74, 6) is -2.59. The van der Waals surface area contributed by atoms with E-state index in [0.29, 0.717) is 19.4 Å². The van der Waals surface area contributed by atoms with Gasteiger partial charge < -0.3 is 19.5 Å². The molecule has 0 aromatic carbocycles. The molecule has 2 aliphatic rings. The molecular weight excluding hydrogens is 274 g/mol. The average molecular weight is 299 g/mol. The molecule has 0 amide bonds. The fraction of sp³-hybridized carbons (Fsp3) is 0.867. The van der Waals surface area contributed by atoms with Crippen LogP contribution in [-0.4, -0.2) is 59.9 Å². The van der Waals surface area contributed by atoms with Crippen LogP contribution in [0, 0.1) is 5.92 Å². The number of piperidine rings is 1. The average Bonchev–Trinajstić information content (AvgIpc) is 2.86. The summed E-state index contributed by atoms with van der Waals surface area (Å²) in [4.78, 5) is 26.6. The lowest BCUT2D eigenvalue weighted by atomic mass is 9.76. The highest BCUT2D eigenvalue weighted by atomic mass is 16.6. The second-order valence-corrected chi connectivity index (χ2v) is 5.83. The maximum atomic E-state index is 12.2. The number of rotatable bonds is 5. The number of hydrogen-bond donors (Lipinski definition) is 1. The molecule has 2 aliphatic heterocycles. The molecule has 6 nitrogen and oxygen atoms in total. The van der Waals surface area contributed by atoms with E-state index >= 15 is 0 Å². The van der Waals surface area contributed by atoms with E-state index < -0.39 is 23.5 Å². The number of carbonyl (C=O) groups excluding carboxylic acids is 2. The maximum absolute atomic E-state index is 12.2. The molecule has 0 aromatic heterocycles. The van der Waals surface area contributed by atoms with Gasteiger partial charge in [-0.05, 0) is 46.1 Å². The van der Waals surface area contributed by atoms with Crippen molar-refractivity contribution in [2.24, 2.45) is 5.92 Å². The molecule has 0 aliphatic carbocycles. The topological polar surface area (TPSA) is 76.1 Å². The van der Waals surface area contributed by atoms with Crippen LogP contribution in [-0.2, 0) is 19.1 Å². The third-order valence-corrected chi connectivity index (χ3v) is 4.50. The first kappa shape index (κ1) is 16.2. The number of nitrogens with zero attached hydrogens (tertiary/aromatic N) is 1. The van der Waals surface area contributed by atoms with E-state index in [0.717, 1.165) is 19.4 Å². The van der Waals surface area contributed by atoms with Gasteiger partial charge in [0.05, 0.1) is 18.8 Å². The second kappa shape index (κ2) is 6.75. The Balaban J connectivity index is 2.17. The van der Waals surface area contributed by atoms with Gasteiger partial charge in [0, 0.05) is 12.6 Å². The summed E-state index contributed by atoms with van der Waals surface area (Å²) in [6.45, 7) is 5.47. The molecule has 0 aromatic rings. The van der Waals surface area contributed by atoms with Gasteiger partial charge in [0.1, 0.15) is 0 Å². The van der Waals surface area contributed by atoms with E-state index in [9.17, 15) is 14.7 Å². The zero-order valence-electron chi connectivity index (χ0n) is 12.8. The van der Waals surface area contributed by atoms with Crippen molar-refractivity contribution < 1.29 is 24.2 Å². The summed E-state index contributed by atoms with van der Waals surface area (Å²) in [6, 6.07) is 0.245. The summed E-state index contributed by atoms with van der Waals surface area (Å²) >= 11 is 0. The van der Waals surface area contributed by atoms with Crippen LogP contribution in [0.4, 0.5) is 0 Å². The zero-order chi connectivity index (χ0) is 15.5. The molecule has 2 fully saturated rings. The van der Waals surface area contributed by atoms with Gasteiger partial charge in [-0.3, -0.25) is 9.59 Å². The van der Waals surface area contributed by atoms with Crippen molar-refractivity contribution in [2.45, 2.75) is 51.2 Å². The van der Waals surface area contributed by atoms with Gasteiger partial charge in [0.2, 0.25) is 0 Å². The fourth-order valence-corrected chi connectivity index (χ4v) is 3.52. The lowest BCUT2D eigenvalue weighted by Gasteiger charge is -2.43. The minimum absolute atomic E-state index is 0.181. The molecule has 0 radical (unpaired) electrons. The van der Waals surface area contributed by atoms with Crippen molar-refractivity contribution >= 4 is 11.9 Å². The first-order valence-corrected chi connectivity index (χ1v) is 7.81.